The predicted molar refractivity (Wildman–Crippen MR) is 89.9 cm³/mol. The number of nitrogens with one attached hydrogen (secondary N) is 1. The van der Waals surface area contributed by atoms with Crippen LogP contribution in [0.4, 0.5) is 0 Å². The van der Waals surface area contributed by atoms with E-state index < -0.39 is 0 Å². The SMILES string of the molecule is O=C(NCCc1ccc(Br)s1)c1cc(Br)ccc1Br. The Balaban J connectivity index is 1.92. The maximum Gasteiger partial charge on any atom is 0.252 e. The first kappa shape index (κ1) is 15.2. The molecule has 1 heterocycles. The van der Waals surface area contributed by atoms with Gasteiger partial charge in [0.2, 0.25) is 0 Å². The van der Waals surface area contributed by atoms with Crippen molar-refractivity contribution in [1.82, 2.24) is 5.32 Å². The van der Waals surface area contributed by atoms with Gasteiger partial charge >= 0.3 is 0 Å². The summed E-state index contributed by atoms with van der Waals surface area (Å²) in [7, 11) is 0. The van der Waals surface area contributed by atoms with E-state index in [-0.39, 0.29) is 5.91 Å². The average Bonchev–Trinajstić information content (AvgIpc) is 2.78. The Bertz CT molecular complexity index is 597. The van der Waals surface area contributed by atoms with Gasteiger partial charge in [0.25, 0.3) is 5.91 Å². The Morgan fingerprint density at radius 1 is 1.16 bits per heavy atom. The highest BCUT2D eigenvalue weighted by Gasteiger charge is 2.10. The molecule has 2 nitrogen and oxygen atoms in total. The molecule has 19 heavy (non-hydrogen) atoms. The first-order valence-corrected chi connectivity index (χ1v) is 8.73. The third-order valence-electron chi connectivity index (χ3n) is 2.46. The lowest BCUT2D eigenvalue weighted by atomic mass is 10.2. The van der Waals surface area contributed by atoms with Gasteiger partial charge in [-0.1, -0.05) is 15.9 Å². The third-order valence-corrected chi connectivity index (χ3v) is 5.33. The van der Waals surface area contributed by atoms with Crippen molar-refractivity contribution in [2.75, 3.05) is 6.54 Å². The van der Waals surface area contributed by atoms with E-state index in [1.807, 2.05) is 18.2 Å². The molecular formula is C13H10Br3NOS. The fraction of sp³-hybridized carbons (Fsp3) is 0.154. The van der Waals surface area contributed by atoms with Crippen molar-refractivity contribution in [1.29, 1.82) is 0 Å². The van der Waals surface area contributed by atoms with Crippen molar-refractivity contribution in [3.63, 3.8) is 0 Å². The molecule has 1 amide bonds. The topological polar surface area (TPSA) is 29.1 Å². The second-order valence-corrected chi connectivity index (χ2v) is 8.15. The number of hydrogen-bond donors (Lipinski definition) is 1. The summed E-state index contributed by atoms with van der Waals surface area (Å²) in [4.78, 5) is 13.3. The molecule has 0 aliphatic heterocycles. The molecule has 0 spiro atoms. The van der Waals surface area contributed by atoms with Crippen LogP contribution < -0.4 is 5.32 Å². The second-order valence-electron chi connectivity index (χ2n) is 3.84. The highest BCUT2D eigenvalue weighted by molar-refractivity contribution is 9.11. The minimum atomic E-state index is -0.0659. The maximum atomic E-state index is 12.0. The van der Waals surface area contributed by atoms with Gasteiger partial charge in [0, 0.05) is 20.4 Å². The molecule has 6 heteroatoms. The van der Waals surface area contributed by atoms with Crippen LogP contribution in [0.3, 0.4) is 0 Å². The Hall–Kier alpha value is -0.170. The van der Waals surface area contributed by atoms with Crippen LogP contribution >= 0.6 is 59.1 Å². The largest absolute Gasteiger partial charge is 0.352 e. The van der Waals surface area contributed by atoms with Crippen molar-refractivity contribution >= 4 is 65.0 Å². The van der Waals surface area contributed by atoms with Crippen molar-refractivity contribution in [2.45, 2.75) is 6.42 Å². The third kappa shape index (κ3) is 4.41. The van der Waals surface area contributed by atoms with Crippen LogP contribution in [-0.2, 0) is 6.42 Å². The smallest absolute Gasteiger partial charge is 0.252 e. The molecule has 1 aromatic carbocycles. The zero-order valence-corrected chi connectivity index (χ0v) is 15.3. The number of hydrogen-bond acceptors (Lipinski definition) is 2. The summed E-state index contributed by atoms with van der Waals surface area (Å²) >= 11 is 11.9. The number of halogens is 3. The number of thiophene rings is 1. The van der Waals surface area contributed by atoms with Crippen LogP contribution in [0.1, 0.15) is 15.2 Å². The summed E-state index contributed by atoms with van der Waals surface area (Å²) in [6.45, 7) is 0.630. The Kier molecular flexibility index (Phi) is 5.62. The zero-order chi connectivity index (χ0) is 13.8. The quantitative estimate of drug-likeness (QED) is 0.673. The van der Waals surface area contributed by atoms with E-state index in [1.54, 1.807) is 17.4 Å². The molecule has 2 rings (SSSR count). The molecule has 0 fully saturated rings. The van der Waals surface area contributed by atoms with Crippen molar-refractivity contribution < 1.29 is 4.79 Å². The van der Waals surface area contributed by atoms with Gasteiger partial charge in [-0.3, -0.25) is 4.79 Å². The minimum absolute atomic E-state index is 0.0659. The molecule has 0 saturated heterocycles. The van der Waals surface area contributed by atoms with Gasteiger partial charge in [0.1, 0.15) is 0 Å². The molecular weight excluding hydrogens is 458 g/mol. The van der Waals surface area contributed by atoms with Gasteiger partial charge < -0.3 is 5.32 Å². The monoisotopic (exact) mass is 465 g/mol. The molecule has 1 N–H and O–H groups in total. The highest BCUT2D eigenvalue weighted by atomic mass is 79.9. The van der Waals surface area contributed by atoms with Crippen LogP contribution in [0.15, 0.2) is 43.1 Å². The van der Waals surface area contributed by atoms with Crippen LogP contribution in [0.25, 0.3) is 0 Å². The summed E-state index contributed by atoms with van der Waals surface area (Å²) in [6.07, 6.45) is 0.841. The summed E-state index contributed by atoms with van der Waals surface area (Å²) in [5, 5.41) is 2.93. The Labute approximate surface area is 141 Å². The van der Waals surface area contributed by atoms with Crippen LogP contribution in [0.5, 0.6) is 0 Å². The molecule has 0 unspecified atom stereocenters. The molecule has 100 valence electrons. The highest BCUT2D eigenvalue weighted by Crippen LogP contribution is 2.23. The lowest BCUT2D eigenvalue weighted by molar-refractivity contribution is 0.0953. The summed E-state index contributed by atoms with van der Waals surface area (Å²) in [6, 6.07) is 9.64. The van der Waals surface area contributed by atoms with E-state index in [0.29, 0.717) is 12.1 Å². The second kappa shape index (κ2) is 7.02. The summed E-state index contributed by atoms with van der Waals surface area (Å²) < 4.78 is 2.80. The van der Waals surface area contributed by atoms with Gasteiger partial charge in [-0.15, -0.1) is 11.3 Å². The number of amides is 1. The van der Waals surface area contributed by atoms with Gasteiger partial charge in [-0.2, -0.15) is 0 Å². The average molecular weight is 468 g/mol. The fourth-order valence-corrected chi connectivity index (χ4v) is 3.82. The summed E-state index contributed by atoms with van der Waals surface area (Å²) in [5.74, 6) is -0.0659. The van der Waals surface area contributed by atoms with Crippen molar-refractivity contribution in [2.24, 2.45) is 0 Å². The van der Waals surface area contributed by atoms with E-state index in [0.717, 1.165) is 19.2 Å². The number of rotatable bonds is 4. The lowest BCUT2D eigenvalue weighted by Crippen LogP contribution is -2.25. The minimum Gasteiger partial charge on any atom is -0.352 e. The van der Waals surface area contributed by atoms with Gasteiger partial charge in [0.15, 0.2) is 0 Å². The van der Waals surface area contributed by atoms with Crippen LogP contribution in [0.2, 0.25) is 0 Å². The molecule has 0 radical (unpaired) electrons. The van der Waals surface area contributed by atoms with E-state index >= 15 is 0 Å². The normalized spacial score (nSPS) is 10.5. The van der Waals surface area contributed by atoms with E-state index in [2.05, 4.69) is 59.2 Å². The molecule has 0 aliphatic rings. The number of carbonyl (C=O) groups excluding carboxylic acids is 1. The summed E-state index contributed by atoms with van der Waals surface area (Å²) in [5.41, 5.74) is 0.640. The Morgan fingerprint density at radius 3 is 2.63 bits per heavy atom. The van der Waals surface area contributed by atoms with E-state index in [1.165, 1.54) is 4.88 Å². The van der Waals surface area contributed by atoms with Crippen molar-refractivity contribution in [3.05, 3.63) is 53.5 Å². The molecule has 2 aromatic rings. The first-order valence-electron chi connectivity index (χ1n) is 5.54. The van der Waals surface area contributed by atoms with Gasteiger partial charge in [0.05, 0.1) is 9.35 Å². The Morgan fingerprint density at radius 2 is 1.95 bits per heavy atom. The van der Waals surface area contributed by atoms with Crippen molar-refractivity contribution in [3.8, 4) is 0 Å². The molecule has 0 bridgehead atoms. The number of carbonyl (C=O) groups is 1. The van der Waals surface area contributed by atoms with Gasteiger partial charge in [-0.25, -0.2) is 0 Å². The lowest BCUT2D eigenvalue weighted by Gasteiger charge is -2.06. The van der Waals surface area contributed by atoms with Crippen LogP contribution in [0, 0.1) is 0 Å². The predicted octanol–water partition coefficient (Wildman–Crippen LogP) is 5.01. The maximum absolute atomic E-state index is 12.0. The standard InChI is InChI=1S/C13H10Br3NOS/c14-8-1-3-11(15)10(7-8)13(18)17-6-5-9-2-4-12(16)19-9/h1-4,7H,5-6H2,(H,17,18). The van der Waals surface area contributed by atoms with Crippen LogP contribution in [-0.4, -0.2) is 12.5 Å². The molecule has 0 saturated carbocycles. The molecule has 0 atom stereocenters. The fourth-order valence-electron chi connectivity index (χ4n) is 1.55. The first-order chi connectivity index (χ1) is 9.06. The number of benzene rings is 1. The zero-order valence-electron chi connectivity index (χ0n) is 9.75. The van der Waals surface area contributed by atoms with Gasteiger partial charge in [-0.05, 0) is 68.6 Å². The molecule has 1 aromatic heterocycles. The van der Waals surface area contributed by atoms with E-state index in [9.17, 15) is 4.79 Å². The molecule has 0 aliphatic carbocycles. The van der Waals surface area contributed by atoms with E-state index in [4.69, 9.17) is 0 Å².